The molecule has 1 aliphatic rings. The zero-order valence-corrected chi connectivity index (χ0v) is 38.0. The fraction of sp³-hybridized carbons (Fsp3) is 0.0526. The first-order valence-electron chi connectivity index (χ1n) is 22.2. The minimum absolute atomic E-state index is 0.189. The Labute approximate surface area is 394 Å². The van der Waals surface area contributed by atoms with Crippen LogP contribution in [0.15, 0.2) is 194 Å². The van der Waals surface area contributed by atoms with Gasteiger partial charge in [-0.05, 0) is 70.8 Å². The van der Waals surface area contributed by atoms with Crippen molar-refractivity contribution in [2.45, 2.75) is 19.3 Å². The Kier molecular flexibility index (Phi) is 9.06. The summed E-state index contributed by atoms with van der Waals surface area (Å²) in [5.74, 6) is 3.18. The van der Waals surface area contributed by atoms with Crippen LogP contribution in [0.2, 0.25) is 0 Å². The van der Waals surface area contributed by atoms with Gasteiger partial charge in [0, 0.05) is 50.2 Å². The second-order valence-corrected chi connectivity index (χ2v) is 19.4. The summed E-state index contributed by atoms with van der Waals surface area (Å²) in [6.45, 7) is 4.68. The molecule has 13 rings (SSSR count). The first-order chi connectivity index (χ1) is 32.9. The lowest BCUT2D eigenvalue weighted by atomic mass is 9.82. The molecule has 0 spiro atoms. The normalized spacial score (nSPS) is 12.7. The summed E-state index contributed by atoms with van der Waals surface area (Å²) in [5, 5.41) is 20.7. The molecule has 0 bridgehead atoms. The van der Waals surface area contributed by atoms with Crippen molar-refractivity contribution < 1.29 is 0 Å². The van der Waals surface area contributed by atoms with Gasteiger partial charge < -0.3 is 0 Å². The molecule has 4 heterocycles. The van der Waals surface area contributed by atoms with E-state index in [-0.39, 0.29) is 5.41 Å². The maximum absolute atomic E-state index is 5.23. The molecule has 0 saturated carbocycles. The van der Waals surface area contributed by atoms with Crippen LogP contribution < -0.4 is 0 Å². The Bertz CT molecular complexity index is 3550. The molecule has 0 aliphatic heterocycles. The Balaban J connectivity index is 0.808. The minimum atomic E-state index is -0.189. The molecule has 1 aliphatic carbocycles. The monoisotopic (exact) mass is 898 g/mol. The van der Waals surface area contributed by atoms with Gasteiger partial charge in [0.05, 0.1) is 20.4 Å². The van der Waals surface area contributed by atoms with Crippen molar-refractivity contribution in [1.82, 2.24) is 39.5 Å². The van der Waals surface area contributed by atoms with Gasteiger partial charge in [-0.3, -0.25) is 9.13 Å². The lowest BCUT2D eigenvalue weighted by Crippen LogP contribution is -2.14. The molecule has 0 unspecified atom stereocenters. The molecule has 0 fully saturated rings. The molecule has 0 amide bonds. The maximum atomic E-state index is 5.23. The third kappa shape index (κ3) is 6.55. The van der Waals surface area contributed by atoms with Crippen LogP contribution in [0.1, 0.15) is 25.0 Å². The fourth-order valence-electron chi connectivity index (χ4n) is 9.48. The van der Waals surface area contributed by atoms with E-state index >= 15 is 0 Å². The quantitative estimate of drug-likeness (QED) is 0.151. The number of nitrogens with zero attached hydrogens (tertiary/aromatic N) is 8. The topological polar surface area (TPSA) is 87.2 Å². The zero-order chi connectivity index (χ0) is 44.6. The zero-order valence-electron chi connectivity index (χ0n) is 36.4. The number of rotatable bonds is 8. The van der Waals surface area contributed by atoms with Crippen LogP contribution >= 0.6 is 22.7 Å². The standard InChI is InChI=1S/C57H38N8S2/c1-57(2)45-33-49-47(58-55(66-49)39-27-23-37(24-28-39)53-62-60-51(35-15-7-3-8-16-35)64(53)41-19-11-5-12-20-41)31-43(45)44-32-48-50(34-46(44)57)67-56(59-48)40-29-25-38(26-30-40)54-63-61-52(36-17-9-4-10-18-36)65(54)42-21-13-6-14-22-42/h3-34H,1-2H3. The molecule has 4 aromatic heterocycles. The highest BCUT2D eigenvalue weighted by atomic mass is 32.1. The van der Waals surface area contributed by atoms with Crippen LogP contribution in [0.5, 0.6) is 0 Å². The molecular formula is C57H38N8S2. The van der Waals surface area contributed by atoms with Crippen LogP contribution in [0.3, 0.4) is 0 Å². The highest BCUT2D eigenvalue weighted by Crippen LogP contribution is 2.52. The van der Waals surface area contributed by atoms with Crippen LogP contribution in [0, 0.1) is 0 Å². The third-order valence-corrected chi connectivity index (χ3v) is 15.0. The average molecular weight is 899 g/mol. The van der Waals surface area contributed by atoms with E-state index in [9.17, 15) is 0 Å². The van der Waals surface area contributed by atoms with Crippen LogP contribution in [0.4, 0.5) is 0 Å². The number of fused-ring (bicyclic) bond motifs is 5. The number of aromatic nitrogens is 8. The second kappa shape index (κ2) is 15.5. The summed E-state index contributed by atoms with van der Waals surface area (Å²) in [6, 6.07) is 67.4. The molecule has 8 aromatic carbocycles. The van der Waals surface area contributed by atoms with Gasteiger partial charge in [0.1, 0.15) is 10.0 Å². The predicted molar refractivity (Wildman–Crippen MR) is 273 cm³/mol. The fourth-order valence-corrected chi connectivity index (χ4v) is 11.5. The van der Waals surface area contributed by atoms with Crippen molar-refractivity contribution in [3.05, 3.63) is 205 Å². The second-order valence-electron chi connectivity index (χ2n) is 17.3. The molecule has 318 valence electrons. The van der Waals surface area contributed by atoms with E-state index in [0.29, 0.717) is 0 Å². The number of thiazole rings is 2. The van der Waals surface area contributed by atoms with Gasteiger partial charge in [0.2, 0.25) is 0 Å². The molecule has 0 radical (unpaired) electrons. The van der Waals surface area contributed by atoms with Crippen molar-refractivity contribution in [3.63, 3.8) is 0 Å². The number of para-hydroxylation sites is 2. The lowest BCUT2D eigenvalue weighted by molar-refractivity contribution is 0.662. The van der Waals surface area contributed by atoms with E-state index in [2.05, 4.69) is 155 Å². The molecule has 67 heavy (non-hydrogen) atoms. The van der Waals surface area contributed by atoms with E-state index in [1.54, 1.807) is 22.7 Å². The molecule has 10 heteroatoms. The Morgan fingerprint density at radius 1 is 0.358 bits per heavy atom. The average Bonchev–Trinajstić information content (AvgIpc) is 4.23. The van der Waals surface area contributed by atoms with E-state index in [1.807, 2.05) is 72.8 Å². The summed E-state index contributed by atoms with van der Waals surface area (Å²) in [5.41, 5.74) is 15.1. The predicted octanol–water partition coefficient (Wildman–Crippen LogP) is 14.4. The lowest BCUT2D eigenvalue weighted by Gasteiger charge is -2.21. The summed E-state index contributed by atoms with van der Waals surface area (Å²) in [6.07, 6.45) is 0. The molecular weight excluding hydrogens is 861 g/mol. The first-order valence-corrected chi connectivity index (χ1v) is 23.8. The van der Waals surface area contributed by atoms with Crippen LogP contribution in [0.25, 0.3) is 110 Å². The van der Waals surface area contributed by atoms with Gasteiger partial charge in [-0.2, -0.15) is 0 Å². The smallest absolute Gasteiger partial charge is 0.168 e. The van der Waals surface area contributed by atoms with Gasteiger partial charge in [0.15, 0.2) is 23.3 Å². The van der Waals surface area contributed by atoms with E-state index < -0.39 is 0 Å². The summed E-state index contributed by atoms with van der Waals surface area (Å²) in [7, 11) is 0. The number of benzene rings is 8. The van der Waals surface area contributed by atoms with Gasteiger partial charge in [-0.25, -0.2) is 9.97 Å². The summed E-state index contributed by atoms with van der Waals surface area (Å²) >= 11 is 3.48. The van der Waals surface area contributed by atoms with Gasteiger partial charge in [-0.15, -0.1) is 43.1 Å². The van der Waals surface area contributed by atoms with Gasteiger partial charge in [-0.1, -0.05) is 159 Å². The maximum Gasteiger partial charge on any atom is 0.168 e. The van der Waals surface area contributed by atoms with Crippen molar-refractivity contribution >= 4 is 43.1 Å². The molecule has 8 nitrogen and oxygen atoms in total. The van der Waals surface area contributed by atoms with Gasteiger partial charge >= 0.3 is 0 Å². The first kappa shape index (κ1) is 39.2. The van der Waals surface area contributed by atoms with Gasteiger partial charge in [0.25, 0.3) is 0 Å². The van der Waals surface area contributed by atoms with Crippen LogP contribution in [-0.4, -0.2) is 39.5 Å². The number of hydrogen-bond acceptors (Lipinski definition) is 8. The van der Waals surface area contributed by atoms with Crippen molar-refractivity contribution in [2.24, 2.45) is 0 Å². The third-order valence-electron chi connectivity index (χ3n) is 12.9. The van der Waals surface area contributed by atoms with Crippen molar-refractivity contribution in [1.29, 1.82) is 0 Å². The summed E-state index contributed by atoms with van der Waals surface area (Å²) in [4.78, 5) is 10.5. The van der Waals surface area contributed by atoms with Crippen LogP contribution in [-0.2, 0) is 5.41 Å². The Morgan fingerprint density at radius 3 is 1.03 bits per heavy atom. The highest BCUT2D eigenvalue weighted by molar-refractivity contribution is 7.22. The molecule has 0 atom stereocenters. The van der Waals surface area contributed by atoms with E-state index in [0.717, 1.165) is 89.1 Å². The Hall–Kier alpha value is -8.18. The molecule has 0 N–H and O–H groups in total. The molecule has 0 saturated heterocycles. The number of hydrogen-bond donors (Lipinski definition) is 0. The molecule has 12 aromatic rings. The van der Waals surface area contributed by atoms with E-state index in [1.165, 1.54) is 31.7 Å². The Morgan fingerprint density at radius 2 is 0.672 bits per heavy atom. The minimum Gasteiger partial charge on any atom is -0.275 e. The summed E-state index contributed by atoms with van der Waals surface area (Å²) < 4.78 is 6.62. The van der Waals surface area contributed by atoms with Crippen molar-refractivity contribution in [2.75, 3.05) is 0 Å². The van der Waals surface area contributed by atoms with E-state index in [4.69, 9.17) is 20.2 Å². The van der Waals surface area contributed by atoms with Crippen molar-refractivity contribution in [3.8, 4) is 89.2 Å². The SMILES string of the molecule is CC1(C)c2cc3sc(-c4ccc(-c5nnc(-c6ccccc6)n5-c5ccccc5)cc4)nc3cc2-c2cc3nc(-c4ccc(-c5nnc(-c6ccccc6)n5-c5ccccc5)cc4)sc3cc21. The highest BCUT2D eigenvalue weighted by Gasteiger charge is 2.37. The largest absolute Gasteiger partial charge is 0.275 e.